The largest absolute Gasteiger partial charge is 0.324 e. The molecular formula is C6H10NOS+. The Morgan fingerprint density at radius 3 is 2.89 bits per heavy atom. The van der Waals surface area contributed by atoms with E-state index in [1.54, 1.807) is 18.4 Å². The van der Waals surface area contributed by atoms with Gasteiger partial charge in [-0.05, 0) is 0 Å². The Hall–Kier alpha value is -0.410. The van der Waals surface area contributed by atoms with Crippen molar-refractivity contribution in [2.75, 3.05) is 7.11 Å². The molecule has 0 radical (unpaired) electrons. The van der Waals surface area contributed by atoms with Crippen LogP contribution in [0.2, 0.25) is 0 Å². The first-order valence-electron chi connectivity index (χ1n) is 2.80. The third-order valence-corrected chi connectivity index (χ3v) is 1.90. The highest BCUT2D eigenvalue weighted by molar-refractivity contribution is 7.07. The molecule has 50 valence electrons. The van der Waals surface area contributed by atoms with Gasteiger partial charge in [-0.3, -0.25) is 0 Å². The van der Waals surface area contributed by atoms with E-state index in [1.165, 1.54) is 0 Å². The highest BCUT2D eigenvalue weighted by atomic mass is 32.1. The molecule has 0 fully saturated rings. The van der Waals surface area contributed by atoms with Crippen molar-refractivity contribution < 1.29 is 9.30 Å². The van der Waals surface area contributed by atoms with Gasteiger partial charge in [0.05, 0.1) is 5.38 Å². The summed E-state index contributed by atoms with van der Waals surface area (Å²) in [6.07, 6.45) is 2.16. The van der Waals surface area contributed by atoms with Crippen LogP contribution in [-0.4, -0.2) is 7.11 Å². The number of thiazole rings is 1. The van der Waals surface area contributed by atoms with Gasteiger partial charge in [-0.15, -0.1) is 0 Å². The van der Waals surface area contributed by atoms with E-state index in [9.17, 15) is 0 Å². The van der Waals surface area contributed by atoms with Crippen molar-refractivity contribution in [1.82, 2.24) is 0 Å². The van der Waals surface area contributed by atoms with E-state index in [-0.39, 0.29) is 6.23 Å². The van der Waals surface area contributed by atoms with E-state index in [2.05, 4.69) is 0 Å². The fourth-order valence-electron chi connectivity index (χ4n) is 0.575. The minimum Gasteiger partial charge on any atom is -0.324 e. The summed E-state index contributed by atoms with van der Waals surface area (Å²) in [5, 5.41) is 2.02. The van der Waals surface area contributed by atoms with Gasteiger partial charge in [-0.1, -0.05) is 11.3 Å². The molecule has 0 aliphatic rings. The van der Waals surface area contributed by atoms with Gasteiger partial charge in [0.15, 0.2) is 6.20 Å². The van der Waals surface area contributed by atoms with Crippen molar-refractivity contribution in [3.05, 3.63) is 17.1 Å². The highest BCUT2D eigenvalue weighted by Crippen LogP contribution is 1.96. The summed E-state index contributed by atoms with van der Waals surface area (Å²) in [6.45, 7) is 2.01. The van der Waals surface area contributed by atoms with Crippen LogP contribution in [0.4, 0.5) is 0 Å². The standard InChI is InChI=1S/C6H10NOS/c1-6(8-2)7-3-4-9-5-7/h3-6H,1-2H3/q+1. The van der Waals surface area contributed by atoms with Gasteiger partial charge in [0.2, 0.25) is 5.51 Å². The number of ether oxygens (including phenoxy) is 1. The number of methoxy groups -OCH3 is 1. The zero-order valence-electron chi connectivity index (χ0n) is 5.57. The lowest BCUT2D eigenvalue weighted by atomic mass is 10.6. The fraction of sp³-hybridized carbons (Fsp3) is 0.500. The second kappa shape index (κ2) is 2.94. The van der Waals surface area contributed by atoms with Crippen LogP contribution in [0.3, 0.4) is 0 Å². The third kappa shape index (κ3) is 1.50. The van der Waals surface area contributed by atoms with E-state index >= 15 is 0 Å². The molecule has 0 bridgehead atoms. The van der Waals surface area contributed by atoms with Crippen LogP contribution in [0.1, 0.15) is 13.2 Å². The molecule has 0 N–H and O–H groups in total. The van der Waals surface area contributed by atoms with Crippen LogP contribution in [0.5, 0.6) is 0 Å². The Kier molecular flexibility index (Phi) is 2.19. The molecule has 1 aromatic heterocycles. The van der Waals surface area contributed by atoms with Crippen molar-refractivity contribution in [3.63, 3.8) is 0 Å². The number of hydrogen-bond acceptors (Lipinski definition) is 2. The third-order valence-electron chi connectivity index (χ3n) is 1.26. The van der Waals surface area contributed by atoms with Crippen LogP contribution >= 0.6 is 11.3 Å². The Balaban J connectivity index is 2.65. The van der Waals surface area contributed by atoms with Gasteiger partial charge >= 0.3 is 0 Å². The molecule has 9 heavy (non-hydrogen) atoms. The zero-order chi connectivity index (χ0) is 6.69. The van der Waals surface area contributed by atoms with Crippen molar-refractivity contribution in [2.24, 2.45) is 0 Å². The first-order chi connectivity index (χ1) is 4.34. The monoisotopic (exact) mass is 144 g/mol. The number of rotatable bonds is 2. The summed E-state index contributed by atoms with van der Waals surface area (Å²) in [5.41, 5.74) is 2.02. The molecule has 2 nitrogen and oxygen atoms in total. The Bertz CT molecular complexity index is 162. The lowest BCUT2D eigenvalue weighted by Crippen LogP contribution is -2.35. The quantitative estimate of drug-likeness (QED) is 0.568. The van der Waals surface area contributed by atoms with E-state index in [0.717, 1.165) is 0 Å². The molecule has 0 saturated carbocycles. The molecule has 0 saturated heterocycles. The molecule has 0 aromatic carbocycles. The summed E-state index contributed by atoms with van der Waals surface area (Å²) < 4.78 is 7.08. The van der Waals surface area contributed by atoms with E-state index in [0.29, 0.717) is 0 Å². The summed E-state index contributed by atoms with van der Waals surface area (Å²) in [7, 11) is 1.70. The minimum absolute atomic E-state index is 0.163. The number of nitrogens with zero attached hydrogens (tertiary/aromatic N) is 1. The molecule has 0 amide bonds. The lowest BCUT2D eigenvalue weighted by Gasteiger charge is -1.98. The smallest absolute Gasteiger partial charge is 0.260 e. The summed E-state index contributed by atoms with van der Waals surface area (Å²) in [5.74, 6) is 0. The second-order valence-corrected chi connectivity index (χ2v) is 2.56. The van der Waals surface area contributed by atoms with Crippen LogP contribution in [0.15, 0.2) is 17.1 Å². The molecule has 0 spiro atoms. The molecule has 0 aliphatic heterocycles. The van der Waals surface area contributed by atoms with Crippen molar-refractivity contribution in [1.29, 1.82) is 0 Å². The number of aromatic nitrogens is 1. The maximum Gasteiger partial charge on any atom is 0.260 e. The summed E-state index contributed by atoms with van der Waals surface area (Å²) in [6, 6.07) is 0. The lowest BCUT2D eigenvalue weighted by molar-refractivity contribution is -0.753. The van der Waals surface area contributed by atoms with Gasteiger partial charge in [-0.25, -0.2) is 0 Å². The molecule has 1 atom stereocenters. The molecule has 1 aromatic rings. The van der Waals surface area contributed by atoms with Gasteiger partial charge in [0.1, 0.15) is 0 Å². The highest BCUT2D eigenvalue weighted by Gasteiger charge is 2.08. The van der Waals surface area contributed by atoms with Crippen LogP contribution < -0.4 is 4.57 Å². The number of hydrogen-bond donors (Lipinski definition) is 0. The Morgan fingerprint density at radius 1 is 1.67 bits per heavy atom. The fourth-order valence-corrected chi connectivity index (χ4v) is 1.24. The molecular weight excluding hydrogens is 134 g/mol. The average molecular weight is 144 g/mol. The first-order valence-corrected chi connectivity index (χ1v) is 3.74. The molecule has 1 unspecified atom stereocenters. The topological polar surface area (TPSA) is 13.1 Å². The van der Waals surface area contributed by atoms with Crippen molar-refractivity contribution >= 4 is 11.3 Å². The summed E-state index contributed by atoms with van der Waals surface area (Å²) in [4.78, 5) is 0. The SMILES string of the molecule is COC(C)[n+]1ccsc1. The van der Waals surface area contributed by atoms with Gasteiger partial charge in [0.25, 0.3) is 6.23 Å². The molecule has 1 heterocycles. The van der Waals surface area contributed by atoms with E-state index in [4.69, 9.17) is 4.74 Å². The van der Waals surface area contributed by atoms with Crippen LogP contribution in [0.25, 0.3) is 0 Å². The zero-order valence-corrected chi connectivity index (χ0v) is 6.39. The molecule has 0 aliphatic carbocycles. The molecule has 3 heteroatoms. The first kappa shape index (κ1) is 6.71. The normalized spacial score (nSPS) is 13.6. The van der Waals surface area contributed by atoms with Crippen molar-refractivity contribution in [3.8, 4) is 0 Å². The predicted molar refractivity (Wildman–Crippen MR) is 36.2 cm³/mol. The maximum atomic E-state index is 5.06. The average Bonchev–Trinajstić information content (AvgIpc) is 2.37. The van der Waals surface area contributed by atoms with Crippen LogP contribution in [-0.2, 0) is 4.74 Å². The second-order valence-electron chi connectivity index (χ2n) is 1.81. The van der Waals surface area contributed by atoms with E-state index < -0.39 is 0 Å². The Labute approximate surface area is 58.7 Å². The summed E-state index contributed by atoms with van der Waals surface area (Å²) >= 11 is 1.67. The minimum atomic E-state index is 0.163. The van der Waals surface area contributed by atoms with Crippen molar-refractivity contribution in [2.45, 2.75) is 13.2 Å². The predicted octanol–water partition coefficient (Wildman–Crippen LogP) is 1.20. The Morgan fingerprint density at radius 2 is 2.44 bits per heavy atom. The molecule has 1 rings (SSSR count). The van der Waals surface area contributed by atoms with E-state index in [1.807, 2.05) is 28.6 Å². The van der Waals surface area contributed by atoms with Crippen LogP contribution in [0, 0.1) is 0 Å². The van der Waals surface area contributed by atoms with Gasteiger partial charge in [0, 0.05) is 14.0 Å². The maximum absolute atomic E-state index is 5.06. The van der Waals surface area contributed by atoms with Gasteiger partial charge < -0.3 is 4.74 Å². The van der Waals surface area contributed by atoms with Gasteiger partial charge in [-0.2, -0.15) is 4.57 Å².